The molecule has 0 radical (unpaired) electrons. The Morgan fingerprint density at radius 1 is 1.29 bits per heavy atom. The van der Waals surface area contributed by atoms with Crippen molar-refractivity contribution in [3.05, 3.63) is 59.8 Å². The molecule has 0 aliphatic carbocycles. The number of carbonyl (C=O) groups is 2. The van der Waals surface area contributed by atoms with Crippen LogP contribution in [0.3, 0.4) is 0 Å². The molecular formula is C28H33FN6O6. The molecule has 218 valence electrons. The smallest absolute Gasteiger partial charge is 0.311 e. The molecule has 13 heteroatoms. The lowest BCUT2D eigenvalue weighted by molar-refractivity contribution is -0.153. The molecule has 5 N–H and O–H groups in total. The van der Waals surface area contributed by atoms with Crippen LogP contribution in [0.5, 0.6) is 0 Å². The molecule has 5 atom stereocenters. The number of aliphatic hydroxyl groups is 2. The highest BCUT2D eigenvalue weighted by molar-refractivity contribution is 5.97. The summed E-state index contributed by atoms with van der Waals surface area (Å²) >= 11 is 0. The van der Waals surface area contributed by atoms with Crippen LogP contribution in [0.25, 0.3) is 5.52 Å². The van der Waals surface area contributed by atoms with Crippen LogP contribution in [0.1, 0.15) is 38.4 Å². The van der Waals surface area contributed by atoms with E-state index in [9.17, 15) is 29.5 Å². The third-order valence-corrected chi connectivity index (χ3v) is 7.06. The molecule has 1 aliphatic heterocycles. The van der Waals surface area contributed by atoms with Crippen LogP contribution in [0.2, 0.25) is 0 Å². The van der Waals surface area contributed by atoms with Gasteiger partial charge in [-0.1, -0.05) is 12.1 Å². The van der Waals surface area contributed by atoms with Crippen LogP contribution < -0.4 is 11.1 Å². The van der Waals surface area contributed by atoms with Gasteiger partial charge in [0.15, 0.2) is 5.82 Å². The maximum atomic E-state index is 13.2. The zero-order valence-electron chi connectivity index (χ0n) is 23.0. The minimum absolute atomic E-state index is 0.0371. The lowest BCUT2D eigenvalue weighted by Gasteiger charge is -2.25. The van der Waals surface area contributed by atoms with E-state index in [0.29, 0.717) is 11.1 Å². The number of hydrogen-bond acceptors (Lipinski definition) is 10. The second-order valence-corrected chi connectivity index (χ2v) is 11.0. The Hall–Kier alpha value is -3.96. The molecule has 3 heterocycles. The predicted octanol–water partition coefficient (Wildman–Crippen LogP) is 1.44. The lowest BCUT2D eigenvalue weighted by atomic mass is 9.85. The summed E-state index contributed by atoms with van der Waals surface area (Å²) in [6.45, 7) is 4.63. The van der Waals surface area contributed by atoms with Gasteiger partial charge in [-0.25, -0.2) is 13.9 Å². The van der Waals surface area contributed by atoms with Gasteiger partial charge in [-0.2, -0.15) is 10.4 Å². The van der Waals surface area contributed by atoms with Gasteiger partial charge in [0.05, 0.1) is 36.5 Å². The lowest BCUT2D eigenvalue weighted by Crippen LogP contribution is -2.39. The van der Waals surface area contributed by atoms with Gasteiger partial charge >= 0.3 is 5.97 Å². The maximum absolute atomic E-state index is 13.2. The number of fused-ring (bicyclic) bond motifs is 1. The molecule has 12 nitrogen and oxygen atoms in total. The molecule has 1 fully saturated rings. The van der Waals surface area contributed by atoms with Crippen molar-refractivity contribution in [1.29, 1.82) is 5.26 Å². The summed E-state index contributed by atoms with van der Waals surface area (Å²) in [6, 6.07) is 9.80. The van der Waals surface area contributed by atoms with Gasteiger partial charge in [0, 0.05) is 5.92 Å². The third kappa shape index (κ3) is 6.06. The molecule has 2 aromatic heterocycles. The third-order valence-electron chi connectivity index (χ3n) is 7.06. The summed E-state index contributed by atoms with van der Waals surface area (Å²) in [4.78, 5) is 29.1. The van der Waals surface area contributed by atoms with Crippen molar-refractivity contribution >= 4 is 23.2 Å². The van der Waals surface area contributed by atoms with Crippen molar-refractivity contribution in [3.63, 3.8) is 0 Å². The van der Waals surface area contributed by atoms with Gasteiger partial charge < -0.3 is 30.7 Å². The van der Waals surface area contributed by atoms with Crippen molar-refractivity contribution in [2.24, 2.45) is 17.1 Å². The second kappa shape index (κ2) is 11.9. The first-order valence-corrected chi connectivity index (χ1v) is 13.1. The van der Waals surface area contributed by atoms with Crippen LogP contribution in [-0.4, -0.2) is 68.2 Å². The van der Waals surface area contributed by atoms with Crippen molar-refractivity contribution in [2.45, 2.75) is 57.5 Å². The zero-order chi connectivity index (χ0) is 29.9. The van der Waals surface area contributed by atoms with Crippen molar-refractivity contribution < 1.29 is 33.7 Å². The van der Waals surface area contributed by atoms with E-state index in [-0.39, 0.29) is 31.0 Å². The fraction of sp³-hybridized carbons (Fsp3) is 0.464. The monoisotopic (exact) mass is 568 g/mol. The number of carbonyl (C=O) groups excluding carboxylic acids is 2. The molecule has 4 rings (SSSR count). The average Bonchev–Trinajstić information content (AvgIpc) is 3.49. The summed E-state index contributed by atoms with van der Waals surface area (Å²) in [5, 5.41) is 38.4. The van der Waals surface area contributed by atoms with Crippen molar-refractivity contribution in [1.82, 2.24) is 14.6 Å². The second-order valence-electron chi connectivity index (χ2n) is 11.0. The first-order valence-electron chi connectivity index (χ1n) is 13.1. The average molecular weight is 569 g/mol. The highest BCUT2D eigenvalue weighted by Crippen LogP contribution is 2.44. The van der Waals surface area contributed by atoms with E-state index in [0.717, 1.165) is 6.33 Å². The largest absolute Gasteiger partial charge is 0.465 e. The maximum Gasteiger partial charge on any atom is 0.311 e. The molecule has 0 saturated carbocycles. The molecule has 0 spiro atoms. The number of amides is 1. The Morgan fingerprint density at radius 3 is 2.63 bits per heavy atom. The number of rotatable bonds is 9. The first-order chi connectivity index (χ1) is 19.4. The normalized spacial score (nSPS) is 23.2. The molecule has 1 saturated heterocycles. The standard InChI is InChI=1S/C28H33FN6O6/c1-27(2,3)26(39)40-11-10-18-21(13-36)41-28(14-30,23(18)37)22-9-8-20-24(32-15-33-35(20)22)34-25(38)19(31)12-16-4-6-17(29)7-5-16/h4-9,15,18-19,21,23,36-37H,10-13,31H2,1-3H3,(H,32,33,34,38)/t18-,19+,21-,23-,28+/m1/s1. The first kappa shape index (κ1) is 30.0. The minimum Gasteiger partial charge on any atom is -0.465 e. The molecule has 41 heavy (non-hydrogen) atoms. The summed E-state index contributed by atoms with van der Waals surface area (Å²) in [7, 11) is 0. The summed E-state index contributed by atoms with van der Waals surface area (Å²) < 4.78 is 25.8. The van der Waals surface area contributed by atoms with Crippen LogP contribution in [0.15, 0.2) is 42.7 Å². The number of nitrogens with two attached hydrogens (primary N) is 1. The van der Waals surface area contributed by atoms with Crippen molar-refractivity contribution in [2.75, 3.05) is 18.5 Å². The quantitative estimate of drug-likeness (QED) is 0.275. The Balaban J connectivity index is 1.55. The molecule has 3 aromatic rings. The molecule has 1 amide bonds. The molecular weight excluding hydrogens is 535 g/mol. The number of aliphatic hydroxyl groups excluding tert-OH is 2. The van der Waals surface area contributed by atoms with Gasteiger partial charge in [-0.15, -0.1) is 0 Å². The topological polar surface area (TPSA) is 185 Å². The number of hydrogen-bond donors (Lipinski definition) is 4. The van der Waals surface area contributed by atoms with Crippen LogP contribution >= 0.6 is 0 Å². The van der Waals surface area contributed by atoms with Gasteiger partial charge in [0.1, 0.15) is 29.8 Å². The Kier molecular flexibility index (Phi) is 8.69. The van der Waals surface area contributed by atoms with Crippen LogP contribution in [0.4, 0.5) is 10.2 Å². The Morgan fingerprint density at radius 2 is 2.00 bits per heavy atom. The number of nitrogens with zero attached hydrogens (tertiary/aromatic N) is 4. The SMILES string of the molecule is CC(C)(C)C(=O)OCC[C@H]1[C@@H](O)[C@](C#N)(c2ccc3c(NC(=O)[C@@H](N)Cc4ccc(F)cc4)ncnn23)O[C@@H]1CO. The highest BCUT2D eigenvalue weighted by Gasteiger charge is 2.57. The van der Waals surface area contributed by atoms with E-state index in [4.69, 9.17) is 15.2 Å². The molecule has 1 aromatic carbocycles. The summed E-state index contributed by atoms with van der Waals surface area (Å²) in [5.41, 5.74) is 4.57. The van der Waals surface area contributed by atoms with Crippen LogP contribution in [0, 0.1) is 28.5 Å². The van der Waals surface area contributed by atoms with Gasteiger partial charge in [0.25, 0.3) is 0 Å². The Bertz CT molecular complexity index is 1450. The van der Waals surface area contributed by atoms with Gasteiger partial charge in [-0.05, 0) is 63.4 Å². The van der Waals surface area contributed by atoms with E-state index in [1.54, 1.807) is 39.0 Å². The van der Waals surface area contributed by atoms with E-state index < -0.39 is 59.5 Å². The van der Waals surface area contributed by atoms with E-state index in [1.807, 2.05) is 6.07 Å². The number of nitriles is 1. The molecule has 1 aliphatic rings. The number of anilines is 1. The summed E-state index contributed by atoms with van der Waals surface area (Å²) in [6.07, 6.45) is -0.866. The van der Waals surface area contributed by atoms with E-state index >= 15 is 0 Å². The number of nitrogens with one attached hydrogen (secondary N) is 1. The van der Waals surface area contributed by atoms with Crippen molar-refractivity contribution in [3.8, 4) is 6.07 Å². The zero-order valence-corrected chi connectivity index (χ0v) is 23.0. The fourth-order valence-corrected chi connectivity index (χ4v) is 4.77. The van der Waals surface area contributed by atoms with E-state index in [1.165, 1.54) is 22.7 Å². The van der Waals surface area contributed by atoms with Crippen LogP contribution in [-0.2, 0) is 31.1 Å². The van der Waals surface area contributed by atoms with E-state index in [2.05, 4.69) is 15.4 Å². The number of esters is 1. The number of benzene rings is 1. The molecule has 0 unspecified atom stereocenters. The predicted molar refractivity (Wildman–Crippen MR) is 143 cm³/mol. The van der Waals surface area contributed by atoms with Gasteiger partial charge in [-0.3, -0.25) is 9.59 Å². The minimum atomic E-state index is -1.92. The Labute approximate surface area is 235 Å². The molecule has 0 bridgehead atoms. The summed E-state index contributed by atoms with van der Waals surface area (Å²) in [5.74, 6) is -1.99. The van der Waals surface area contributed by atoms with Gasteiger partial charge in [0.2, 0.25) is 11.5 Å². The highest BCUT2D eigenvalue weighted by atomic mass is 19.1. The fourth-order valence-electron chi connectivity index (χ4n) is 4.77. The number of ether oxygens (including phenoxy) is 2. The number of aromatic nitrogens is 3. The number of halogens is 1.